The number of aryl methyl sites for hydroxylation is 1. The zero-order valence-electron chi connectivity index (χ0n) is 10.0. The molecule has 0 aliphatic rings. The minimum atomic E-state index is -0.481. The van der Waals surface area contributed by atoms with Gasteiger partial charge in [-0.15, -0.1) is 11.3 Å². The van der Waals surface area contributed by atoms with Gasteiger partial charge >= 0.3 is 5.69 Å². The van der Waals surface area contributed by atoms with Crippen LogP contribution in [0.2, 0.25) is 0 Å². The van der Waals surface area contributed by atoms with Crippen LogP contribution in [0.4, 0.5) is 0 Å². The number of nitrogens with zero attached hydrogens (tertiary/aromatic N) is 1. The molecule has 0 spiro atoms. The molecular weight excluding hydrogens is 264 g/mol. The lowest BCUT2D eigenvalue weighted by atomic mass is 10.2. The van der Waals surface area contributed by atoms with Crippen molar-refractivity contribution in [1.82, 2.24) is 9.55 Å². The van der Waals surface area contributed by atoms with Gasteiger partial charge in [0.2, 0.25) is 0 Å². The quantitative estimate of drug-likeness (QED) is 0.710. The minimum absolute atomic E-state index is 0.00874. The Hall–Kier alpha value is -2.34. The molecule has 19 heavy (non-hydrogen) atoms. The van der Waals surface area contributed by atoms with Gasteiger partial charge in [-0.3, -0.25) is 4.79 Å². The van der Waals surface area contributed by atoms with E-state index in [0.717, 1.165) is 9.44 Å². The van der Waals surface area contributed by atoms with Gasteiger partial charge < -0.3 is 10.1 Å². The fourth-order valence-electron chi connectivity index (χ4n) is 1.94. The van der Waals surface area contributed by atoms with Crippen LogP contribution in [0.5, 0.6) is 5.75 Å². The molecule has 0 atom stereocenters. The number of hydrogen-bond acceptors (Lipinski definition) is 4. The Morgan fingerprint density at radius 1 is 1.21 bits per heavy atom. The number of fused-ring (bicyclic) bond motifs is 1. The van der Waals surface area contributed by atoms with Crippen molar-refractivity contribution < 1.29 is 5.11 Å². The van der Waals surface area contributed by atoms with Gasteiger partial charge in [-0.2, -0.15) is 0 Å². The highest BCUT2D eigenvalue weighted by molar-refractivity contribution is 7.14. The lowest BCUT2D eigenvalue weighted by Crippen LogP contribution is -2.32. The lowest BCUT2D eigenvalue weighted by molar-refractivity contribution is 0.476. The number of phenols is 1. The Bertz CT molecular complexity index is 889. The number of hydrogen-bond donors (Lipinski definition) is 2. The minimum Gasteiger partial charge on any atom is -0.508 e. The topological polar surface area (TPSA) is 75.1 Å². The van der Waals surface area contributed by atoms with Crippen molar-refractivity contribution >= 4 is 22.2 Å². The summed E-state index contributed by atoms with van der Waals surface area (Å²) in [4.78, 5) is 28.0. The molecule has 0 aliphatic heterocycles. The molecule has 0 fully saturated rings. The third kappa shape index (κ3) is 1.86. The molecule has 0 amide bonds. The van der Waals surface area contributed by atoms with E-state index in [1.54, 1.807) is 6.07 Å². The van der Waals surface area contributed by atoms with Gasteiger partial charge in [0.1, 0.15) is 10.8 Å². The molecule has 0 aliphatic carbocycles. The molecule has 2 N–H and O–H groups in total. The summed E-state index contributed by atoms with van der Waals surface area (Å²) in [6.45, 7) is 1.90. The van der Waals surface area contributed by atoms with Crippen molar-refractivity contribution in [1.29, 1.82) is 0 Å². The van der Waals surface area contributed by atoms with Crippen molar-refractivity contribution in [3.63, 3.8) is 0 Å². The average molecular weight is 274 g/mol. The summed E-state index contributed by atoms with van der Waals surface area (Å²) < 4.78 is 1.08. The number of benzene rings is 1. The lowest BCUT2D eigenvalue weighted by Gasteiger charge is -2.04. The highest BCUT2D eigenvalue weighted by Gasteiger charge is 2.11. The third-order valence-electron chi connectivity index (χ3n) is 2.83. The number of aromatic amines is 1. The molecular formula is C13H10N2O3S. The van der Waals surface area contributed by atoms with Gasteiger partial charge in [-0.05, 0) is 37.3 Å². The van der Waals surface area contributed by atoms with Crippen LogP contribution in [0.15, 0.2) is 39.9 Å². The molecule has 3 rings (SSSR count). The number of nitrogens with one attached hydrogen (secondary N) is 1. The van der Waals surface area contributed by atoms with Crippen LogP contribution in [0, 0.1) is 6.92 Å². The molecule has 96 valence electrons. The molecule has 0 unspecified atom stereocenters. The largest absolute Gasteiger partial charge is 0.508 e. The number of rotatable bonds is 1. The Morgan fingerprint density at radius 3 is 2.68 bits per heavy atom. The van der Waals surface area contributed by atoms with E-state index in [0.29, 0.717) is 10.5 Å². The number of thiophene rings is 1. The van der Waals surface area contributed by atoms with Crippen LogP contribution >= 0.6 is 11.3 Å². The Morgan fingerprint density at radius 2 is 2.00 bits per heavy atom. The number of H-pyrrole nitrogens is 1. The SMILES string of the molecule is Cc1ccc(-n2c(=O)[nH]c3ccc(O)cc3c2=O)s1. The molecule has 2 heterocycles. The zero-order chi connectivity index (χ0) is 13.6. The summed E-state index contributed by atoms with van der Waals surface area (Å²) in [6, 6.07) is 7.86. The fraction of sp³-hybridized carbons (Fsp3) is 0.0769. The van der Waals surface area contributed by atoms with Crippen LogP contribution in [-0.2, 0) is 0 Å². The second-order valence-electron chi connectivity index (χ2n) is 4.18. The highest BCUT2D eigenvalue weighted by atomic mass is 32.1. The Labute approximate surface area is 111 Å². The Kier molecular flexibility index (Phi) is 2.53. The number of phenolic OH excluding ortho intramolecular Hbond substituents is 1. The fourth-order valence-corrected chi connectivity index (χ4v) is 2.80. The van der Waals surface area contributed by atoms with E-state index < -0.39 is 11.2 Å². The first-order valence-electron chi connectivity index (χ1n) is 5.61. The maximum absolute atomic E-state index is 12.3. The molecule has 3 aromatic rings. The van der Waals surface area contributed by atoms with Crippen LogP contribution in [0.3, 0.4) is 0 Å². The van der Waals surface area contributed by atoms with Gasteiger partial charge in [0.05, 0.1) is 10.9 Å². The maximum Gasteiger partial charge on any atom is 0.334 e. The number of aromatic nitrogens is 2. The van der Waals surface area contributed by atoms with Crippen LogP contribution in [0.1, 0.15) is 4.88 Å². The molecule has 5 nitrogen and oxygen atoms in total. The van der Waals surface area contributed by atoms with E-state index in [4.69, 9.17) is 0 Å². The van der Waals surface area contributed by atoms with Gasteiger partial charge in [0, 0.05) is 4.88 Å². The van der Waals surface area contributed by atoms with E-state index in [1.807, 2.05) is 13.0 Å². The predicted molar refractivity (Wildman–Crippen MR) is 74.4 cm³/mol. The van der Waals surface area contributed by atoms with E-state index in [-0.39, 0.29) is 11.1 Å². The van der Waals surface area contributed by atoms with Gasteiger partial charge in [0.25, 0.3) is 5.56 Å². The summed E-state index contributed by atoms with van der Waals surface area (Å²) in [5.41, 5.74) is -0.501. The van der Waals surface area contributed by atoms with Gasteiger partial charge in [0.15, 0.2) is 0 Å². The molecule has 0 bridgehead atoms. The van der Waals surface area contributed by atoms with E-state index in [2.05, 4.69) is 4.98 Å². The van der Waals surface area contributed by atoms with Crippen molar-refractivity contribution in [2.45, 2.75) is 6.92 Å². The first-order chi connectivity index (χ1) is 9.06. The summed E-state index contributed by atoms with van der Waals surface area (Å²) >= 11 is 1.36. The second-order valence-corrected chi connectivity index (χ2v) is 5.45. The first-order valence-corrected chi connectivity index (χ1v) is 6.43. The van der Waals surface area contributed by atoms with Gasteiger partial charge in [-0.25, -0.2) is 9.36 Å². The molecule has 0 saturated carbocycles. The number of aromatic hydroxyl groups is 1. The van der Waals surface area contributed by atoms with Crippen molar-refractivity contribution in [3.05, 3.63) is 56.0 Å². The summed E-state index contributed by atoms with van der Waals surface area (Å²) in [7, 11) is 0. The third-order valence-corrected chi connectivity index (χ3v) is 3.81. The van der Waals surface area contributed by atoms with Gasteiger partial charge in [-0.1, -0.05) is 0 Å². The average Bonchev–Trinajstić information content (AvgIpc) is 2.77. The maximum atomic E-state index is 12.3. The second kappa shape index (κ2) is 4.10. The molecule has 1 aromatic carbocycles. The smallest absolute Gasteiger partial charge is 0.334 e. The van der Waals surface area contributed by atoms with Crippen molar-refractivity contribution in [3.8, 4) is 10.8 Å². The highest BCUT2D eigenvalue weighted by Crippen LogP contribution is 2.18. The van der Waals surface area contributed by atoms with E-state index in [1.165, 1.54) is 29.5 Å². The van der Waals surface area contributed by atoms with Crippen molar-refractivity contribution in [2.75, 3.05) is 0 Å². The zero-order valence-corrected chi connectivity index (χ0v) is 10.8. The van der Waals surface area contributed by atoms with Crippen molar-refractivity contribution in [2.24, 2.45) is 0 Å². The summed E-state index contributed by atoms with van der Waals surface area (Å²) in [6.07, 6.45) is 0. The van der Waals surface area contributed by atoms with E-state index >= 15 is 0 Å². The summed E-state index contributed by atoms with van der Waals surface area (Å²) in [5.74, 6) is -0.00874. The van der Waals surface area contributed by atoms with Crippen LogP contribution in [0.25, 0.3) is 15.9 Å². The van der Waals surface area contributed by atoms with E-state index in [9.17, 15) is 14.7 Å². The summed E-state index contributed by atoms with van der Waals surface area (Å²) in [5, 5.41) is 10.3. The molecule has 0 saturated heterocycles. The molecule has 6 heteroatoms. The monoisotopic (exact) mass is 274 g/mol. The first kappa shape index (κ1) is 11.7. The Balaban J connectivity index is 2.43. The standard InChI is InChI=1S/C13H10N2O3S/c1-7-2-5-11(19-7)15-12(17)9-6-8(16)3-4-10(9)14-13(15)18/h2-6,16H,1H3,(H,14,18). The van der Waals surface area contributed by atoms with Crippen LogP contribution < -0.4 is 11.2 Å². The normalized spacial score (nSPS) is 11.0. The molecule has 2 aromatic heterocycles. The van der Waals surface area contributed by atoms with Crippen LogP contribution in [-0.4, -0.2) is 14.7 Å². The predicted octanol–water partition coefficient (Wildman–Crippen LogP) is 1.75. The molecule has 0 radical (unpaired) electrons.